The standard InChI is InChI=1S/C28H34N4O5/c1-17-22(26(28(35)36)31-25(17)24(18(2)33)27(31)34)15-37-23-9-5-7-20-19(6-4-8-21(20)23)14-32(3)12-10-30(16-29)11-13-32/h4-9,16-18,24-25,29,33H,10-15H2,1-3H3/t17-,18+,24+,25+/m0/s1. The lowest BCUT2D eigenvalue weighted by atomic mass is 9.78. The van der Waals surface area contributed by atoms with E-state index in [1.807, 2.05) is 36.1 Å². The number of fused-ring (bicyclic) bond motifs is 2. The van der Waals surface area contributed by atoms with Crippen molar-refractivity contribution in [3.63, 3.8) is 0 Å². The van der Waals surface area contributed by atoms with E-state index in [-0.39, 0.29) is 24.1 Å². The van der Waals surface area contributed by atoms with Gasteiger partial charge in [0.25, 0.3) is 0 Å². The van der Waals surface area contributed by atoms with Gasteiger partial charge in [-0.25, -0.2) is 0 Å². The molecule has 0 unspecified atom stereocenters. The molecule has 5 rings (SSSR count). The summed E-state index contributed by atoms with van der Waals surface area (Å²) in [5, 5.41) is 31.6. The zero-order valence-electron chi connectivity index (χ0n) is 21.5. The van der Waals surface area contributed by atoms with Gasteiger partial charge in [-0.15, -0.1) is 0 Å². The van der Waals surface area contributed by atoms with E-state index in [0.29, 0.717) is 11.3 Å². The Hall–Kier alpha value is -3.43. The molecular weight excluding hydrogens is 472 g/mol. The Morgan fingerprint density at radius 2 is 1.92 bits per heavy atom. The fourth-order valence-electron chi connectivity index (χ4n) is 6.25. The molecule has 2 N–H and O–H groups in total. The van der Waals surface area contributed by atoms with Gasteiger partial charge in [-0.2, -0.15) is 0 Å². The fraction of sp³-hybridized carbons (Fsp3) is 0.464. The zero-order valence-corrected chi connectivity index (χ0v) is 21.5. The fourth-order valence-corrected chi connectivity index (χ4v) is 6.25. The molecule has 0 aliphatic carbocycles. The van der Waals surface area contributed by atoms with Crippen LogP contribution in [0.2, 0.25) is 0 Å². The van der Waals surface area contributed by atoms with Gasteiger partial charge in [0.2, 0.25) is 5.91 Å². The van der Waals surface area contributed by atoms with Gasteiger partial charge in [-0.1, -0.05) is 37.3 Å². The van der Waals surface area contributed by atoms with E-state index < -0.39 is 24.0 Å². The third-order valence-electron chi connectivity index (χ3n) is 8.45. The first-order valence-electron chi connectivity index (χ1n) is 12.8. The molecule has 0 saturated carbocycles. The molecule has 9 heteroatoms. The molecule has 2 aromatic rings. The van der Waals surface area contributed by atoms with Crippen LogP contribution in [0.25, 0.3) is 10.8 Å². The number of nitrogens with one attached hydrogen (secondary N) is 1. The molecule has 0 radical (unpaired) electrons. The van der Waals surface area contributed by atoms with Crippen molar-refractivity contribution >= 4 is 29.0 Å². The highest BCUT2D eigenvalue weighted by molar-refractivity contribution is 5.99. The molecule has 196 valence electrons. The Morgan fingerprint density at radius 1 is 1.24 bits per heavy atom. The SMILES string of the molecule is C[C@@H](O)[C@H]1C(=O)N2C(C(=O)[O-])=C(COc3cccc4c(C[N+]5(C)CCN(C=N)CC5)cccc34)[C@H](C)[C@H]12. The first-order chi connectivity index (χ1) is 17.6. The maximum absolute atomic E-state index is 12.6. The molecule has 0 spiro atoms. The number of quaternary nitrogens is 1. The third kappa shape index (κ3) is 4.26. The van der Waals surface area contributed by atoms with Crippen molar-refractivity contribution in [3.8, 4) is 5.75 Å². The maximum Gasteiger partial charge on any atom is 0.235 e. The average molecular weight is 507 g/mol. The molecule has 3 heterocycles. The van der Waals surface area contributed by atoms with Crippen LogP contribution in [0.3, 0.4) is 0 Å². The number of nitrogens with zero attached hydrogens (tertiary/aromatic N) is 3. The Labute approximate surface area is 216 Å². The van der Waals surface area contributed by atoms with Crippen molar-refractivity contribution in [2.75, 3.05) is 39.8 Å². The number of aliphatic hydroxyl groups is 1. The van der Waals surface area contributed by atoms with Gasteiger partial charge >= 0.3 is 0 Å². The van der Waals surface area contributed by atoms with E-state index in [2.05, 4.69) is 19.2 Å². The predicted molar refractivity (Wildman–Crippen MR) is 136 cm³/mol. The molecule has 0 bridgehead atoms. The van der Waals surface area contributed by atoms with Crippen LogP contribution in [0.15, 0.2) is 47.7 Å². The lowest BCUT2D eigenvalue weighted by Crippen LogP contribution is -2.64. The topological polar surface area (TPSA) is 117 Å². The lowest BCUT2D eigenvalue weighted by molar-refractivity contribution is -0.925. The average Bonchev–Trinajstić information content (AvgIpc) is 3.11. The van der Waals surface area contributed by atoms with Gasteiger partial charge in [-0.3, -0.25) is 10.2 Å². The maximum atomic E-state index is 12.6. The number of benzene rings is 2. The summed E-state index contributed by atoms with van der Waals surface area (Å²) in [6.45, 7) is 7.97. The number of aliphatic carboxylic acids is 1. The van der Waals surface area contributed by atoms with Crippen LogP contribution in [-0.2, 0) is 16.1 Å². The number of hydrogen-bond acceptors (Lipinski definition) is 6. The number of carboxylic acids is 1. The van der Waals surface area contributed by atoms with E-state index in [1.54, 1.807) is 6.92 Å². The normalized spacial score (nSPS) is 25.6. The zero-order chi connectivity index (χ0) is 26.5. The molecule has 4 atom stereocenters. The summed E-state index contributed by atoms with van der Waals surface area (Å²) < 4.78 is 7.11. The molecular formula is C28H34N4O5. The van der Waals surface area contributed by atoms with Crippen LogP contribution in [0.4, 0.5) is 0 Å². The molecule has 2 aromatic carbocycles. The van der Waals surface area contributed by atoms with Crippen molar-refractivity contribution in [2.45, 2.75) is 32.5 Å². The number of hydrogen-bond donors (Lipinski definition) is 2. The van der Waals surface area contributed by atoms with Crippen molar-refractivity contribution < 1.29 is 29.0 Å². The van der Waals surface area contributed by atoms with Crippen LogP contribution in [-0.4, -0.2) is 89.6 Å². The van der Waals surface area contributed by atoms with Gasteiger partial charge < -0.3 is 34.0 Å². The Balaban J connectivity index is 1.39. The van der Waals surface area contributed by atoms with Gasteiger partial charge in [0.05, 0.1) is 69.3 Å². The summed E-state index contributed by atoms with van der Waals surface area (Å²) in [6.07, 6.45) is 0.564. The van der Waals surface area contributed by atoms with Crippen LogP contribution in [0.5, 0.6) is 5.75 Å². The Morgan fingerprint density at radius 3 is 2.57 bits per heavy atom. The highest BCUT2D eigenvalue weighted by atomic mass is 16.5. The van der Waals surface area contributed by atoms with Gasteiger partial charge in [0.15, 0.2) is 0 Å². The number of β-lactam (4-membered cyclic amide) rings is 1. The lowest BCUT2D eigenvalue weighted by Gasteiger charge is -2.47. The second kappa shape index (κ2) is 9.46. The molecule has 37 heavy (non-hydrogen) atoms. The van der Waals surface area contributed by atoms with E-state index >= 15 is 0 Å². The highest BCUT2D eigenvalue weighted by Gasteiger charge is 2.58. The second-order valence-corrected chi connectivity index (χ2v) is 10.9. The third-order valence-corrected chi connectivity index (χ3v) is 8.45. The smallest absolute Gasteiger partial charge is 0.235 e. The molecule has 3 aliphatic rings. The summed E-state index contributed by atoms with van der Waals surface area (Å²) in [6, 6.07) is 11.7. The summed E-state index contributed by atoms with van der Waals surface area (Å²) in [5.74, 6) is -2.01. The highest BCUT2D eigenvalue weighted by Crippen LogP contribution is 2.47. The van der Waals surface area contributed by atoms with Crippen LogP contribution < -0.4 is 9.84 Å². The van der Waals surface area contributed by atoms with E-state index in [4.69, 9.17) is 10.1 Å². The Bertz CT molecular complexity index is 1280. The van der Waals surface area contributed by atoms with Crippen LogP contribution in [0, 0.1) is 17.2 Å². The minimum atomic E-state index is -1.40. The number of carboxylic acid groups (broad SMARTS) is 1. The van der Waals surface area contributed by atoms with Crippen molar-refractivity contribution in [3.05, 3.63) is 53.2 Å². The summed E-state index contributed by atoms with van der Waals surface area (Å²) in [5.41, 5.74) is 1.60. The summed E-state index contributed by atoms with van der Waals surface area (Å²) >= 11 is 0. The van der Waals surface area contributed by atoms with E-state index in [1.165, 1.54) is 16.8 Å². The molecule has 0 aromatic heterocycles. The number of likely N-dealkylation sites (N-methyl/N-ethyl adjacent to an activating group) is 1. The first kappa shape index (κ1) is 25.2. The number of amides is 1. The van der Waals surface area contributed by atoms with Crippen LogP contribution >= 0.6 is 0 Å². The largest absolute Gasteiger partial charge is 0.543 e. The molecule has 1 amide bonds. The number of rotatable bonds is 8. The molecule has 2 fully saturated rings. The number of aliphatic hydroxyl groups excluding tert-OH is 1. The van der Waals surface area contributed by atoms with Gasteiger partial charge in [0.1, 0.15) is 18.9 Å². The first-order valence-corrected chi connectivity index (χ1v) is 12.8. The quantitative estimate of drug-likeness (QED) is 0.238. The number of carbonyl (C=O) groups excluding carboxylic acids is 2. The number of carbonyl (C=O) groups is 2. The van der Waals surface area contributed by atoms with Crippen molar-refractivity contribution in [1.82, 2.24) is 9.80 Å². The number of ether oxygens (including phenoxy) is 1. The van der Waals surface area contributed by atoms with Gasteiger partial charge in [-0.05, 0) is 23.9 Å². The Kier molecular flexibility index (Phi) is 6.45. The van der Waals surface area contributed by atoms with E-state index in [9.17, 15) is 19.8 Å². The second-order valence-electron chi connectivity index (χ2n) is 10.9. The van der Waals surface area contributed by atoms with Gasteiger partial charge in [0, 0.05) is 16.9 Å². The number of piperazine rings is 1. The van der Waals surface area contributed by atoms with Crippen molar-refractivity contribution in [1.29, 1.82) is 5.41 Å². The molecule has 9 nitrogen and oxygen atoms in total. The van der Waals surface area contributed by atoms with Crippen LogP contribution in [0.1, 0.15) is 19.4 Å². The minimum Gasteiger partial charge on any atom is -0.543 e. The van der Waals surface area contributed by atoms with Crippen molar-refractivity contribution in [2.24, 2.45) is 11.8 Å². The predicted octanol–water partition coefficient (Wildman–Crippen LogP) is 0.949. The monoisotopic (exact) mass is 506 g/mol. The minimum absolute atomic E-state index is 0.0217. The summed E-state index contributed by atoms with van der Waals surface area (Å²) in [7, 11) is 2.25. The molecule has 2 saturated heterocycles. The molecule has 3 aliphatic heterocycles. The van der Waals surface area contributed by atoms with E-state index in [0.717, 1.165) is 48.0 Å². The summed E-state index contributed by atoms with van der Waals surface area (Å²) in [4.78, 5) is 27.9.